The Bertz CT molecular complexity index is 1030. The molecule has 0 aliphatic heterocycles. The van der Waals surface area contributed by atoms with Crippen LogP contribution in [0.4, 0.5) is 5.69 Å². The molecule has 1 amide bonds. The first kappa shape index (κ1) is 21.5. The lowest BCUT2D eigenvalue weighted by Gasteiger charge is -2.36. The first-order valence-corrected chi connectivity index (χ1v) is 11.0. The largest absolute Gasteiger partial charge is 0.352 e. The fourth-order valence-corrected chi connectivity index (χ4v) is 4.80. The second-order valence-corrected chi connectivity index (χ2v) is 8.36. The molecule has 0 unspecified atom stereocenters. The fraction of sp³-hybridized carbons (Fsp3) is 0.385. The lowest BCUT2D eigenvalue weighted by atomic mass is 9.69. The number of ether oxygens (including phenoxy) is 2. The van der Waals surface area contributed by atoms with Crippen LogP contribution >= 0.6 is 0 Å². The maximum atomic E-state index is 13.8. The van der Waals surface area contributed by atoms with E-state index >= 15 is 0 Å². The van der Waals surface area contributed by atoms with Crippen LogP contribution in [-0.4, -0.2) is 25.1 Å². The van der Waals surface area contributed by atoms with Crippen LogP contribution in [0.15, 0.2) is 60.8 Å². The number of hydrogen-bond acceptors (Lipinski definition) is 4. The molecular formula is C26H30N2O3. The highest BCUT2D eigenvalue weighted by atomic mass is 16.7. The van der Waals surface area contributed by atoms with Crippen molar-refractivity contribution in [2.75, 3.05) is 19.5 Å². The molecule has 5 nitrogen and oxygen atoms in total. The van der Waals surface area contributed by atoms with Gasteiger partial charge in [0.25, 0.3) is 0 Å². The number of benzene rings is 2. The number of carbonyl (C=O) groups is 1. The van der Waals surface area contributed by atoms with Gasteiger partial charge in [-0.05, 0) is 30.9 Å². The second-order valence-electron chi connectivity index (χ2n) is 8.36. The van der Waals surface area contributed by atoms with E-state index in [4.69, 9.17) is 9.47 Å². The predicted molar refractivity (Wildman–Crippen MR) is 123 cm³/mol. The Morgan fingerprint density at radius 3 is 2.39 bits per heavy atom. The third kappa shape index (κ3) is 4.48. The standard InChI is InChI=1S/C26H30N2O3/c1-30-24(31-2)23-20-13-7-8-14-21(20)27-18-22(23)28-25(29)26(15-9-4-10-16-26)17-19-11-5-3-6-12-19/h3,5-8,11-14,18,24H,4,9-10,15-17H2,1-2H3,(H,28,29). The summed E-state index contributed by atoms with van der Waals surface area (Å²) >= 11 is 0. The average molecular weight is 419 g/mol. The van der Waals surface area contributed by atoms with Crippen molar-refractivity contribution in [2.45, 2.75) is 44.8 Å². The van der Waals surface area contributed by atoms with Crippen molar-refractivity contribution in [3.8, 4) is 0 Å². The molecule has 0 saturated heterocycles. The van der Waals surface area contributed by atoms with E-state index in [-0.39, 0.29) is 5.91 Å². The fourth-order valence-electron chi connectivity index (χ4n) is 4.80. The van der Waals surface area contributed by atoms with E-state index in [2.05, 4.69) is 22.4 Å². The van der Waals surface area contributed by atoms with Gasteiger partial charge in [-0.1, -0.05) is 67.8 Å². The summed E-state index contributed by atoms with van der Waals surface area (Å²) in [4.78, 5) is 18.3. The number of carbonyl (C=O) groups excluding carboxylic acids is 1. The summed E-state index contributed by atoms with van der Waals surface area (Å²) in [6, 6.07) is 18.1. The van der Waals surface area contributed by atoms with Crippen LogP contribution in [0.2, 0.25) is 0 Å². The first-order valence-electron chi connectivity index (χ1n) is 11.0. The molecular weight excluding hydrogens is 388 g/mol. The Hall–Kier alpha value is -2.76. The van der Waals surface area contributed by atoms with Gasteiger partial charge in [0.1, 0.15) is 0 Å². The number of para-hydroxylation sites is 1. The summed E-state index contributed by atoms with van der Waals surface area (Å²) in [6.07, 6.45) is 6.98. The molecule has 162 valence electrons. The summed E-state index contributed by atoms with van der Waals surface area (Å²) in [5.41, 5.74) is 3.07. The Balaban J connectivity index is 1.71. The molecule has 31 heavy (non-hydrogen) atoms. The normalized spacial score (nSPS) is 15.8. The van der Waals surface area contributed by atoms with Crippen LogP contribution in [-0.2, 0) is 20.7 Å². The molecule has 0 spiro atoms. The molecule has 4 rings (SSSR count). The van der Waals surface area contributed by atoms with Gasteiger partial charge in [-0.2, -0.15) is 0 Å². The minimum atomic E-state index is -0.598. The SMILES string of the molecule is COC(OC)c1c(NC(=O)C2(Cc3ccccc3)CCCCC2)cnc2ccccc12. The number of rotatable bonds is 7. The number of nitrogens with zero attached hydrogens (tertiary/aromatic N) is 1. The van der Waals surface area contributed by atoms with Gasteiger partial charge < -0.3 is 14.8 Å². The Morgan fingerprint density at radius 2 is 1.68 bits per heavy atom. The molecule has 0 bridgehead atoms. The van der Waals surface area contributed by atoms with E-state index in [1.807, 2.05) is 42.5 Å². The molecule has 1 N–H and O–H groups in total. The minimum Gasteiger partial charge on any atom is -0.352 e. The molecule has 1 aliphatic rings. The van der Waals surface area contributed by atoms with Crippen LogP contribution in [0.5, 0.6) is 0 Å². The van der Waals surface area contributed by atoms with Crippen molar-refractivity contribution in [3.63, 3.8) is 0 Å². The van der Waals surface area contributed by atoms with Crippen molar-refractivity contribution >= 4 is 22.5 Å². The number of fused-ring (bicyclic) bond motifs is 1. The number of aromatic nitrogens is 1. The quantitative estimate of drug-likeness (QED) is 0.503. The molecule has 1 saturated carbocycles. The molecule has 1 heterocycles. The van der Waals surface area contributed by atoms with Crippen molar-refractivity contribution in [1.82, 2.24) is 4.98 Å². The number of hydrogen-bond donors (Lipinski definition) is 1. The van der Waals surface area contributed by atoms with Gasteiger partial charge in [-0.25, -0.2) is 0 Å². The van der Waals surface area contributed by atoms with Crippen molar-refractivity contribution < 1.29 is 14.3 Å². The van der Waals surface area contributed by atoms with E-state index in [0.29, 0.717) is 5.69 Å². The summed E-state index contributed by atoms with van der Waals surface area (Å²) in [5.74, 6) is 0.0559. The molecule has 1 fully saturated rings. The third-order valence-electron chi connectivity index (χ3n) is 6.41. The van der Waals surface area contributed by atoms with Crippen LogP contribution in [0, 0.1) is 5.41 Å². The number of nitrogens with one attached hydrogen (secondary N) is 1. The molecule has 1 aromatic heterocycles. The topological polar surface area (TPSA) is 60.5 Å². The molecule has 0 atom stereocenters. The zero-order valence-electron chi connectivity index (χ0n) is 18.3. The van der Waals surface area contributed by atoms with Gasteiger partial charge >= 0.3 is 0 Å². The van der Waals surface area contributed by atoms with Gasteiger partial charge in [0.2, 0.25) is 5.91 Å². The van der Waals surface area contributed by atoms with E-state index in [9.17, 15) is 4.79 Å². The lowest BCUT2D eigenvalue weighted by Crippen LogP contribution is -2.40. The Kier molecular flexibility index (Phi) is 6.64. The van der Waals surface area contributed by atoms with Crippen molar-refractivity contribution in [1.29, 1.82) is 0 Å². The number of pyridine rings is 1. The van der Waals surface area contributed by atoms with E-state index in [1.54, 1.807) is 20.4 Å². The van der Waals surface area contributed by atoms with Crippen molar-refractivity contribution in [2.24, 2.45) is 5.41 Å². The summed E-state index contributed by atoms with van der Waals surface area (Å²) in [7, 11) is 3.21. The summed E-state index contributed by atoms with van der Waals surface area (Å²) in [6.45, 7) is 0. The van der Waals surface area contributed by atoms with Crippen LogP contribution < -0.4 is 5.32 Å². The summed E-state index contributed by atoms with van der Waals surface area (Å²) < 4.78 is 11.2. The summed E-state index contributed by atoms with van der Waals surface area (Å²) in [5, 5.41) is 4.13. The second kappa shape index (κ2) is 9.58. The smallest absolute Gasteiger partial charge is 0.230 e. The number of amides is 1. The maximum Gasteiger partial charge on any atom is 0.230 e. The van der Waals surface area contributed by atoms with Crippen LogP contribution in [0.1, 0.15) is 49.5 Å². The zero-order valence-corrected chi connectivity index (χ0v) is 18.3. The van der Waals surface area contributed by atoms with Crippen LogP contribution in [0.3, 0.4) is 0 Å². The molecule has 5 heteroatoms. The van der Waals surface area contributed by atoms with E-state index in [1.165, 1.54) is 12.0 Å². The molecule has 3 aromatic rings. The van der Waals surface area contributed by atoms with E-state index < -0.39 is 11.7 Å². The monoisotopic (exact) mass is 418 g/mol. The lowest BCUT2D eigenvalue weighted by molar-refractivity contribution is -0.127. The molecule has 0 radical (unpaired) electrons. The maximum absolute atomic E-state index is 13.8. The Morgan fingerprint density at radius 1 is 1.00 bits per heavy atom. The molecule has 2 aromatic carbocycles. The van der Waals surface area contributed by atoms with Gasteiger partial charge in [0.05, 0.1) is 22.8 Å². The van der Waals surface area contributed by atoms with Gasteiger partial charge in [-0.15, -0.1) is 0 Å². The van der Waals surface area contributed by atoms with Gasteiger partial charge in [0.15, 0.2) is 6.29 Å². The third-order valence-corrected chi connectivity index (χ3v) is 6.41. The Labute approximate surface area is 183 Å². The predicted octanol–water partition coefficient (Wildman–Crippen LogP) is 5.66. The minimum absolute atomic E-state index is 0.0559. The van der Waals surface area contributed by atoms with Crippen LogP contribution in [0.25, 0.3) is 10.9 Å². The highest BCUT2D eigenvalue weighted by Crippen LogP contribution is 2.41. The number of anilines is 1. The van der Waals surface area contributed by atoms with E-state index in [0.717, 1.165) is 48.6 Å². The zero-order chi connectivity index (χ0) is 21.7. The number of methoxy groups -OCH3 is 2. The highest BCUT2D eigenvalue weighted by molar-refractivity contribution is 5.99. The first-order chi connectivity index (χ1) is 15.2. The van der Waals surface area contributed by atoms with Crippen molar-refractivity contribution in [3.05, 3.63) is 71.9 Å². The van der Waals surface area contributed by atoms with Gasteiger partial charge in [0, 0.05) is 25.2 Å². The molecule has 1 aliphatic carbocycles. The average Bonchev–Trinajstić information content (AvgIpc) is 2.82. The van der Waals surface area contributed by atoms with Gasteiger partial charge in [-0.3, -0.25) is 9.78 Å². The highest BCUT2D eigenvalue weighted by Gasteiger charge is 2.40.